The fraction of sp³-hybridized carbons (Fsp3) is 0.448. The molecule has 4 rings (SSSR count). The Balaban J connectivity index is 1.37. The summed E-state index contributed by atoms with van der Waals surface area (Å²) in [5.74, 6) is -2.96. The molecule has 12 heteroatoms. The Morgan fingerprint density at radius 2 is 1.88 bits per heavy atom. The monoisotopic (exact) mass is 586 g/mol. The van der Waals surface area contributed by atoms with E-state index in [1.807, 2.05) is 37.3 Å². The number of piperidine rings is 1. The minimum absolute atomic E-state index is 0.146. The summed E-state index contributed by atoms with van der Waals surface area (Å²) < 4.78 is 36.1. The van der Waals surface area contributed by atoms with Crippen LogP contribution in [0.5, 0.6) is 0 Å². The first kappa shape index (κ1) is 30.3. The molecule has 3 heterocycles. The van der Waals surface area contributed by atoms with Gasteiger partial charge in [0.25, 0.3) is 5.92 Å². The van der Waals surface area contributed by atoms with Gasteiger partial charge >= 0.3 is 6.09 Å². The van der Waals surface area contributed by atoms with E-state index in [1.165, 1.54) is 11.3 Å². The van der Waals surface area contributed by atoms with Crippen LogP contribution in [-0.4, -0.2) is 71.1 Å². The summed E-state index contributed by atoms with van der Waals surface area (Å²) in [6, 6.07) is 13.8. The Kier molecular flexibility index (Phi) is 9.23. The van der Waals surface area contributed by atoms with Crippen molar-refractivity contribution in [1.82, 2.24) is 20.2 Å². The summed E-state index contributed by atoms with van der Waals surface area (Å²) in [5, 5.41) is 7.08. The number of ether oxygens (including phenoxy) is 1. The molecular weight excluding hydrogens is 550 g/mol. The summed E-state index contributed by atoms with van der Waals surface area (Å²) in [7, 11) is 1.76. The van der Waals surface area contributed by atoms with Crippen LogP contribution in [-0.2, 0) is 9.53 Å². The number of hydrogen-bond acceptors (Lipinski definition) is 8. The quantitative estimate of drug-likeness (QED) is 0.356. The number of carbonyl (C=O) groups is 2. The average Bonchev–Trinajstić information content (AvgIpc) is 3.38. The average molecular weight is 587 g/mol. The highest BCUT2D eigenvalue weighted by Gasteiger charge is 2.48. The van der Waals surface area contributed by atoms with Crippen LogP contribution in [0, 0.1) is 0 Å². The number of carbonyl (C=O) groups excluding carboxylic acids is 2. The van der Waals surface area contributed by atoms with Crippen molar-refractivity contribution in [1.29, 1.82) is 0 Å². The van der Waals surface area contributed by atoms with Gasteiger partial charge in [0.1, 0.15) is 23.7 Å². The topological polar surface area (TPSA) is 99.7 Å². The molecule has 220 valence electrons. The largest absolute Gasteiger partial charge is 0.444 e. The molecule has 0 aliphatic carbocycles. The zero-order valence-electron chi connectivity index (χ0n) is 23.9. The van der Waals surface area contributed by atoms with Crippen molar-refractivity contribution in [2.45, 2.75) is 57.7 Å². The second-order valence-electron chi connectivity index (χ2n) is 11.1. The predicted octanol–water partition coefficient (Wildman–Crippen LogP) is 5.58. The van der Waals surface area contributed by atoms with Gasteiger partial charge in [-0.1, -0.05) is 36.4 Å². The van der Waals surface area contributed by atoms with E-state index in [0.717, 1.165) is 5.56 Å². The Labute approximate surface area is 242 Å². The van der Waals surface area contributed by atoms with Crippen LogP contribution < -0.4 is 15.5 Å². The fourth-order valence-electron chi connectivity index (χ4n) is 4.68. The number of halogens is 2. The van der Waals surface area contributed by atoms with E-state index in [2.05, 4.69) is 20.6 Å². The molecule has 0 bridgehead atoms. The second kappa shape index (κ2) is 12.5. The number of nitrogens with one attached hydrogen (secondary N) is 2. The second-order valence-corrected chi connectivity index (χ2v) is 11.9. The van der Waals surface area contributed by atoms with Crippen LogP contribution in [0.1, 0.15) is 45.7 Å². The van der Waals surface area contributed by atoms with Crippen molar-refractivity contribution in [3.05, 3.63) is 59.5 Å². The van der Waals surface area contributed by atoms with E-state index >= 15 is 8.78 Å². The van der Waals surface area contributed by atoms with Crippen molar-refractivity contribution >= 4 is 34.3 Å². The van der Waals surface area contributed by atoms with E-state index in [9.17, 15) is 9.59 Å². The first-order chi connectivity index (χ1) is 19.3. The van der Waals surface area contributed by atoms with E-state index in [4.69, 9.17) is 4.74 Å². The number of rotatable bonds is 8. The number of benzene rings is 1. The Morgan fingerprint density at radius 3 is 2.56 bits per heavy atom. The number of pyridine rings is 1. The first-order valence-corrected chi connectivity index (χ1v) is 14.3. The molecule has 9 nitrogen and oxygen atoms in total. The standard InChI is InChI=1S/C29H36F2N6O3S/c1-19(20-10-7-6-8-11-20)36(5)23-14-15-37(18-29(23,30)31)24-13-9-12-21(33-24)22-17-41-26(34-22)35-25(38)16-32-27(39)40-28(2,3)4/h6-13,17,19,23H,14-16,18H2,1-5H3,(H,32,39)(H,34,35,38)/t19?,23-/m1/s1. The van der Waals surface area contributed by atoms with E-state index in [1.54, 1.807) is 61.2 Å². The molecule has 0 saturated carbocycles. The molecule has 2 N–H and O–H groups in total. The third kappa shape index (κ3) is 7.98. The van der Waals surface area contributed by atoms with Gasteiger partial charge in [0, 0.05) is 18.0 Å². The van der Waals surface area contributed by atoms with Gasteiger partial charge in [-0.2, -0.15) is 0 Å². The molecule has 2 amide bonds. The number of anilines is 2. The molecule has 1 aliphatic rings. The Morgan fingerprint density at radius 1 is 1.15 bits per heavy atom. The van der Waals surface area contributed by atoms with Gasteiger partial charge in [-0.3, -0.25) is 9.69 Å². The Hall–Kier alpha value is -3.64. The summed E-state index contributed by atoms with van der Waals surface area (Å²) >= 11 is 1.20. The van der Waals surface area contributed by atoms with E-state index in [-0.39, 0.29) is 19.0 Å². The molecule has 3 aromatic rings. The molecule has 1 aliphatic heterocycles. The van der Waals surface area contributed by atoms with Crippen LogP contribution in [0.25, 0.3) is 11.4 Å². The number of thiazole rings is 1. The smallest absolute Gasteiger partial charge is 0.408 e. The number of alkyl halides is 2. The lowest BCUT2D eigenvalue weighted by atomic mass is 9.96. The molecule has 1 unspecified atom stereocenters. The van der Waals surface area contributed by atoms with Gasteiger partial charge in [-0.15, -0.1) is 11.3 Å². The third-order valence-corrected chi connectivity index (χ3v) is 7.57. The van der Waals surface area contributed by atoms with Gasteiger partial charge in [0.05, 0.1) is 18.3 Å². The lowest BCUT2D eigenvalue weighted by Gasteiger charge is -2.44. The van der Waals surface area contributed by atoms with Gasteiger partial charge in [-0.25, -0.2) is 23.5 Å². The highest BCUT2D eigenvalue weighted by atomic mass is 32.1. The van der Waals surface area contributed by atoms with Gasteiger partial charge in [0.15, 0.2) is 5.13 Å². The zero-order chi connectivity index (χ0) is 29.8. The number of alkyl carbamates (subject to hydrolysis) is 1. The number of aromatic nitrogens is 2. The Bertz CT molecular complexity index is 1350. The third-order valence-electron chi connectivity index (χ3n) is 6.81. The van der Waals surface area contributed by atoms with Crippen molar-refractivity contribution in [3.8, 4) is 11.4 Å². The fourth-order valence-corrected chi connectivity index (χ4v) is 5.40. The van der Waals surface area contributed by atoms with Crippen LogP contribution in [0.15, 0.2) is 53.9 Å². The first-order valence-electron chi connectivity index (χ1n) is 13.4. The van der Waals surface area contributed by atoms with Crippen LogP contribution in [0.3, 0.4) is 0 Å². The maximum atomic E-state index is 15.5. The molecule has 1 saturated heterocycles. The number of amides is 2. The molecule has 1 fully saturated rings. The van der Waals surface area contributed by atoms with Crippen molar-refractivity contribution in [3.63, 3.8) is 0 Å². The lowest BCUT2D eigenvalue weighted by molar-refractivity contribution is -0.115. The number of hydrogen-bond donors (Lipinski definition) is 2. The minimum atomic E-state index is -2.95. The summed E-state index contributed by atoms with van der Waals surface area (Å²) in [6.45, 7) is 6.85. The maximum absolute atomic E-state index is 15.5. The van der Waals surface area contributed by atoms with Crippen LogP contribution in [0.2, 0.25) is 0 Å². The summed E-state index contributed by atoms with van der Waals surface area (Å²) in [4.78, 5) is 36.4. The highest BCUT2D eigenvalue weighted by molar-refractivity contribution is 7.14. The van der Waals surface area contributed by atoms with Crippen LogP contribution in [0.4, 0.5) is 24.5 Å². The predicted molar refractivity (Wildman–Crippen MR) is 156 cm³/mol. The molecule has 2 aromatic heterocycles. The van der Waals surface area contributed by atoms with Gasteiger partial charge in [-0.05, 0) is 58.9 Å². The van der Waals surface area contributed by atoms with Crippen molar-refractivity contribution < 1.29 is 23.1 Å². The zero-order valence-corrected chi connectivity index (χ0v) is 24.7. The van der Waals surface area contributed by atoms with Crippen molar-refractivity contribution in [2.75, 3.05) is 36.9 Å². The SMILES string of the molecule is CC(c1ccccc1)N(C)[C@@H]1CCN(c2cccc(-c3csc(NC(=O)CNC(=O)OC(C)(C)C)n3)n2)CC1(F)F. The van der Waals surface area contributed by atoms with Gasteiger partial charge in [0.2, 0.25) is 5.91 Å². The molecule has 0 spiro atoms. The molecule has 2 atom stereocenters. The van der Waals surface area contributed by atoms with E-state index < -0.39 is 36.1 Å². The summed E-state index contributed by atoms with van der Waals surface area (Å²) in [6.07, 6.45) is -0.406. The van der Waals surface area contributed by atoms with E-state index in [0.29, 0.717) is 28.9 Å². The molecule has 1 aromatic carbocycles. The minimum Gasteiger partial charge on any atom is -0.444 e. The highest BCUT2D eigenvalue weighted by Crippen LogP contribution is 2.36. The summed E-state index contributed by atoms with van der Waals surface area (Å²) in [5.41, 5.74) is 1.34. The molecule has 0 radical (unpaired) electrons. The van der Waals surface area contributed by atoms with Crippen molar-refractivity contribution in [2.24, 2.45) is 0 Å². The normalized spacial score (nSPS) is 17.7. The number of nitrogens with zero attached hydrogens (tertiary/aromatic N) is 4. The maximum Gasteiger partial charge on any atom is 0.408 e. The molecule has 41 heavy (non-hydrogen) atoms. The lowest BCUT2D eigenvalue weighted by Crippen LogP contribution is -2.58. The van der Waals surface area contributed by atoms with Gasteiger partial charge < -0.3 is 20.3 Å². The van der Waals surface area contributed by atoms with Crippen LogP contribution >= 0.6 is 11.3 Å². The molecular formula is C29H36F2N6O3S.